The van der Waals surface area contributed by atoms with Gasteiger partial charge in [0.15, 0.2) is 0 Å². The van der Waals surface area contributed by atoms with Crippen molar-refractivity contribution in [2.45, 2.75) is 65.6 Å². The summed E-state index contributed by atoms with van der Waals surface area (Å²) in [4.78, 5) is 2.69. The lowest BCUT2D eigenvalue weighted by Gasteiger charge is -2.47. The molecule has 21 heavy (non-hydrogen) atoms. The van der Waals surface area contributed by atoms with Gasteiger partial charge in [0.05, 0.1) is 0 Å². The molecule has 0 aliphatic carbocycles. The van der Waals surface area contributed by atoms with E-state index in [4.69, 9.17) is 0 Å². The molecule has 1 aromatic rings. The van der Waals surface area contributed by atoms with Crippen LogP contribution in [0.5, 0.6) is 0 Å². The molecule has 2 nitrogen and oxygen atoms in total. The molecule has 2 rings (SSSR count). The highest BCUT2D eigenvalue weighted by Gasteiger charge is 2.34. The van der Waals surface area contributed by atoms with Crippen molar-refractivity contribution in [2.24, 2.45) is 5.92 Å². The predicted octanol–water partition coefficient (Wildman–Crippen LogP) is 3.85. The van der Waals surface area contributed by atoms with Crippen molar-refractivity contribution in [2.75, 3.05) is 13.1 Å². The minimum atomic E-state index is 0.216. The SMILES string of the molecule is CCc1ccc(CN2CC(C)(C)NCC2C(C)CC)cc1. The van der Waals surface area contributed by atoms with Crippen molar-refractivity contribution in [1.82, 2.24) is 10.2 Å². The van der Waals surface area contributed by atoms with E-state index in [0.29, 0.717) is 6.04 Å². The van der Waals surface area contributed by atoms with Crippen molar-refractivity contribution in [1.29, 1.82) is 0 Å². The molecule has 1 aliphatic rings. The summed E-state index contributed by atoms with van der Waals surface area (Å²) in [6.45, 7) is 14.8. The van der Waals surface area contributed by atoms with Gasteiger partial charge >= 0.3 is 0 Å². The maximum absolute atomic E-state index is 3.72. The largest absolute Gasteiger partial charge is 0.309 e. The zero-order valence-electron chi connectivity index (χ0n) is 14.4. The molecule has 0 spiro atoms. The molecular weight excluding hydrogens is 256 g/mol. The molecule has 0 amide bonds. The number of piperazine rings is 1. The van der Waals surface area contributed by atoms with E-state index in [2.05, 4.69) is 69.1 Å². The molecule has 0 aromatic heterocycles. The Morgan fingerprint density at radius 3 is 2.38 bits per heavy atom. The van der Waals surface area contributed by atoms with E-state index in [1.54, 1.807) is 0 Å². The third-order valence-corrected chi connectivity index (χ3v) is 4.97. The quantitative estimate of drug-likeness (QED) is 0.885. The van der Waals surface area contributed by atoms with Crippen LogP contribution in [0.25, 0.3) is 0 Å². The van der Waals surface area contributed by atoms with Gasteiger partial charge in [0, 0.05) is 31.2 Å². The van der Waals surface area contributed by atoms with E-state index in [1.165, 1.54) is 17.5 Å². The molecular formula is C19H32N2. The van der Waals surface area contributed by atoms with E-state index >= 15 is 0 Å². The third kappa shape index (κ3) is 4.31. The first kappa shape index (κ1) is 16.5. The maximum Gasteiger partial charge on any atom is 0.0253 e. The summed E-state index contributed by atoms with van der Waals surface area (Å²) in [7, 11) is 0. The minimum absolute atomic E-state index is 0.216. The van der Waals surface area contributed by atoms with Crippen molar-refractivity contribution < 1.29 is 0 Å². The Balaban J connectivity index is 2.11. The van der Waals surface area contributed by atoms with Crippen molar-refractivity contribution in [3.05, 3.63) is 35.4 Å². The first-order valence-corrected chi connectivity index (χ1v) is 8.52. The Bertz CT molecular complexity index is 435. The smallest absolute Gasteiger partial charge is 0.0253 e. The summed E-state index contributed by atoms with van der Waals surface area (Å²) in [5.74, 6) is 0.739. The summed E-state index contributed by atoms with van der Waals surface area (Å²) in [6.07, 6.45) is 2.37. The van der Waals surface area contributed by atoms with Gasteiger partial charge in [-0.05, 0) is 37.3 Å². The van der Waals surface area contributed by atoms with Gasteiger partial charge in [0.2, 0.25) is 0 Å². The zero-order chi connectivity index (χ0) is 15.5. The van der Waals surface area contributed by atoms with Gasteiger partial charge in [0.1, 0.15) is 0 Å². The molecule has 1 N–H and O–H groups in total. The van der Waals surface area contributed by atoms with Gasteiger partial charge in [-0.3, -0.25) is 4.90 Å². The predicted molar refractivity (Wildman–Crippen MR) is 91.6 cm³/mol. The molecule has 1 heterocycles. The number of benzene rings is 1. The first-order chi connectivity index (χ1) is 9.95. The van der Waals surface area contributed by atoms with Crippen LogP contribution in [0.3, 0.4) is 0 Å². The number of hydrogen-bond acceptors (Lipinski definition) is 2. The lowest BCUT2D eigenvalue weighted by Crippen LogP contribution is -2.62. The Morgan fingerprint density at radius 1 is 1.19 bits per heavy atom. The first-order valence-electron chi connectivity index (χ1n) is 8.52. The molecule has 2 unspecified atom stereocenters. The Kier molecular flexibility index (Phi) is 5.45. The molecule has 1 aliphatic heterocycles. The van der Waals surface area contributed by atoms with Crippen LogP contribution in [-0.4, -0.2) is 29.6 Å². The van der Waals surface area contributed by atoms with E-state index in [0.717, 1.165) is 32.0 Å². The standard InChI is InChI=1S/C19H32N2/c1-6-15(3)18-12-20-19(4,5)14-21(18)13-17-10-8-16(7-2)9-11-17/h8-11,15,18,20H,6-7,12-14H2,1-5H3. The number of hydrogen-bond donors (Lipinski definition) is 1. The zero-order valence-corrected chi connectivity index (χ0v) is 14.4. The molecule has 2 heteroatoms. The molecule has 0 radical (unpaired) electrons. The van der Waals surface area contributed by atoms with E-state index in [1.807, 2.05) is 0 Å². The van der Waals surface area contributed by atoms with Crippen LogP contribution in [0.4, 0.5) is 0 Å². The molecule has 0 saturated carbocycles. The van der Waals surface area contributed by atoms with E-state index in [9.17, 15) is 0 Å². The molecule has 0 bridgehead atoms. The minimum Gasteiger partial charge on any atom is -0.309 e. The monoisotopic (exact) mass is 288 g/mol. The summed E-state index contributed by atoms with van der Waals surface area (Å²) in [5.41, 5.74) is 3.09. The Labute approximate surface area is 130 Å². The lowest BCUT2D eigenvalue weighted by atomic mass is 9.90. The summed E-state index contributed by atoms with van der Waals surface area (Å²) < 4.78 is 0. The fourth-order valence-electron chi connectivity index (χ4n) is 3.31. The van der Waals surface area contributed by atoms with Crippen LogP contribution in [0, 0.1) is 5.92 Å². The van der Waals surface area contributed by atoms with Gasteiger partial charge in [0.25, 0.3) is 0 Å². The summed E-state index contributed by atoms with van der Waals surface area (Å²) >= 11 is 0. The third-order valence-electron chi connectivity index (χ3n) is 4.97. The lowest BCUT2D eigenvalue weighted by molar-refractivity contribution is 0.0571. The fraction of sp³-hybridized carbons (Fsp3) is 0.684. The molecule has 1 saturated heterocycles. The van der Waals surface area contributed by atoms with Crippen LogP contribution in [-0.2, 0) is 13.0 Å². The molecule has 118 valence electrons. The van der Waals surface area contributed by atoms with Crippen LogP contribution in [0.15, 0.2) is 24.3 Å². The second kappa shape index (κ2) is 6.93. The van der Waals surface area contributed by atoms with Gasteiger partial charge in [-0.2, -0.15) is 0 Å². The number of nitrogens with one attached hydrogen (secondary N) is 1. The van der Waals surface area contributed by atoms with Crippen LogP contribution >= 0.6 is 0 Å². The topological polar surface area (TPSA) is 15.3 Å². The number of nitrogens with zero attached hydrogens (tertiary/aromatic N) is 1. The van der Waals surface area contributed by atoms with Gasteiger partial charge in [-0.15, -0.1) is 0 Å². The average Bonchev–Trinajstić information content (AvgIpc) is 2.46. The Morgan fingerprint density at radius 2 is 1.81 bits per heavy atom. The van der Waals surface area contributed by atoms with E-state index < -0.39 is 0 Å². The second-order valence-corrected chi connectivity index (χ2v) is 7.29. The Hall–Kier alpha value is -0.860. The summed E-state index contributed by atoms with van der Waals surface area (Å²) in [6, 6.07) is 9.82. The molecule has 2 atom stereocenters. The highest BCUT2D eigenvalue weighted by atomic mass is 15.2. The fourth-order valence-corrected chi connectivity index (χ4v) is 3.31. The number of rotatable bonds is 5. The second-order valence-electron chi connectivity index (χ2n) is 7.29. The normalized spacial score (nSPS) is 24.0. The highest BCUT2D eigenvalue weighted by molar-refractivity contribution is 5.22. The number of aryl methyl sites for hydroxylation is 1. The van der Waals surface area contributed by atoms with Crippen LogP contribution in [0.2, 0.25) is 0 Å². The average molecular weight is 288 g/mol. The summed E-state index contributed by atoms with van der Waals surface area (Å²) in [5, 5.41) is 3.72. The molecule has 1 aromatic carbocycles. The van der Waals surface area contributed by atoms with Gasteiger partial charge in [-0.25, -0.2) is 0 Å². The van der Waals surface area contributed by atoms with Gasteiger partial charge < -0.3 is 5.32 Å². The van der Waals surface area contributed by atoms with E-state index in [-0.39, 0.29) is 5.54 Å². The van der Waals surface area contributed by atoms with Crippen molar-refractivity contribution in [3.8, 4) is 0 Å². The van der Waals surface area contributed by atoms with Crippen molar-refractivity contribution in [3.63, 3.8) is 0 Å². The maximum atomic E-state index is 3.72. The molecule has 1 fully saturated rings. The van der Waals surface area contributed by atoms with Crippen LogP contribution in [0.1, 0.15) is 52.2 Å². The van der Waals surface area contributed by atoms with Crippen molar-refractivity contribution >= 4 is 0 Å². The highest BCUT2D eigenvalue weighted by Crippen LogP contribution is 2.24. The van der Waals surface area contributed by atoms with Crippen LogP contribution < -0.4 is 5.32 Å². The van der Waals surface area contributed by atoms with Gasteiger partial charge in [-0.1, -0.05) is 51.5 Å².